The lowest BCUT2D eigenvalue weighted by Gasteiger charge is -2.10. The van der Waals surface area contributed by atoms with Crippen LogP contribution in [0.1, 0.15) is 15.9 Å². The first-order chi connectivity index (χ1) is 10.0. The SMILES string of the molecule is COc1cc(C#N)cc(Oc2ccc(C(N)=O)cc2N)c1. The third-order valence-electron chi connectivity index (χ3n) is 2.77. The second kappa shape index (κ2) is 5.84. The highest BCUT2D eigenvalue weighted by Gasteiger charge is 2.08. The molecule has 0 saturated carbocycles. The molecule has 0 radical (unpaired) electrons. The van der Waals surface area contributed by atoms with Gasteiger partial charge in [-0.25, -0.2) is 0 Å². The number of nitrogens with zero attached hydrogens (tertiary/aromatic N) is 1. The molecule has 0 fully saturated rings. The van der Waals surface area contributed by atoms with Crippen molar-refractivity contribution < 1.29 is 14.3 Å². The normalized spacial score (nSPS) is 9.71. The van der Waals surface area contributed by atoms with Gasteiger partial charge in [0.25, 0.3) is 0 Å². The number of anilines is 1. The van der Waals surface area contributed by atoms with Crippen LogP contribution in [-0.2, 0) is 0 Å². The van der Waals surface area contributed by atoms with Crippen LogP contribution in [0.25, 0.3) is 0 Å². The van der Waals surface area contributed by atoms with Gasteiger partial charge in [0.1, 0.15) is 17.2 Å². The van der Waals surface area contributed by atoms with Gasteiger partial charge in [-0.3, -0.25) is 4.79 Å². The fraction of sp³-hybridized carbons (Fsp3) is 0.0667. The number of ether oxygens (including phenoxy) is 2. The van der Waals surface area contributed by atoms with E-state index in [2.05, 4.69) is 0 Å². The standard InChI is InChI=1S/C15H13N3O3/c1-20-11-4-9(8-16)5-12(7-11)21-14-3-2-10(15(18)19)6-13(14)17/h2-7H,17H2,1H3,(H2,18,19). The van der Waals surface area contributed by atoms with E-state index in [-0.39, 0.29) is 5.69 Å². The van der Waals surface area contributed by atoms with Crippen molar-refractivity contribution in [3.63, 3.8) is 0 Å². The number of rotatable bonds is 4. The lowest BCUT2D eigenvalue weighted by Crippen LogP contribution is -2.11. The Bertz CT molecular complexity index is 735. The Balaban J connectivity index is 2.34. The molecule has 6 nitrogen and oxygen atoms in total. The summed E-state index contributed by atoms with van der Waals surface area (Å²) >= 11 is 0. The number of benzene rings is 2. The quantitative estimate of drug-likeness (QED) is 0.834. The maximum atomic E-state index is 11.1. The molecule has 4 N–H and O–H groups in total. The number of hydrogen-bond acceptors (Lipinski definition) is 5. The van der Waals surface area contributed by atoms with Gasteiger partial charge in [0.2, 0.25) is 5.91 Å². The lowest BCUT2D eigenvalue weighted by atomic mass is 10.2. The van der Waals surface area contributed by atoms with Gasteiger partial charge in [-0.15, -0.1) is 0 Å². The molecule has 0 saturated heterocycles. The number of nitrogen functional groups attached to an aromatic ring is 1. The number of hydrogen-bond donors (Lipinski definition) is 2. The fourth-order valence-corrected chi connectivity index (χ4v) is 1.73. The number of carbonyl (C=O) groups excluding carboxylic acids is 1. The average Bonchev–Trinajstić information content (AvgIpc) is 2.48. The van der Waals surface area contributed by atoms with Crippen molar-refractivity contribution in [2.45, 2.75) is 0 Å². The molecule has 2 aromatic rings. The number of nitrogens with two attached hydrogens (primary N) is 2. The predicted octanol–water partition coefficient (Wildman–Crippen LogP) is 2.04. The van der Waals surface area contributed by atoms with Crippen LogP contribution in [0.15, 0.2) is 36.4 Å². The zero-order chi connectivity index (χ0) is 15.4. The molecule has 1 amide bonds. The number of amides is 1. The number of primary amides is 1. The van der Waals surface area contributed by atoms with Gasteiger partial charge in [-0.1, -0.05) is 0 Å². The summed E-state index contributed by atoms with van der Waals surface area (Å²) in [6.07, 6.45) is 0. The summed E-state index contributed by atoms with van der Waals surface area (Å²) in [4.78, 5) is 11.1. The smallest absolute Gasteiger partial charge is 0.248 e. The monoisotopic (exact) mass is 283 g/mol. The summed E-state index contributed by atoms with van der Waals surface area (Å²) in [7, 11) is 1.50. The van der Waals surface area contributed by atoms with Crippen LogP contribution < -0.4 is 20.9 Å². The van der Waals surface area contributed by atoms with Crippen molar-refractivity contribution >= 4 is 11.6 Å². The summed E-state index contributed by atoms with van der Waals surface area (Å²) in [5.41, 5.74) is 12.0. The Morgan fingerprint density at radius 2 is 1.90 bits per heavy atom. The van der Waals surface area contributed by atoms with Gasteiger partial charge in [-0.05, 0) is 30.3 Å². The van der Waals surface area contributed by atoms with Crippen LogP contribution in [0.5, 0.6) is 17.2 Å². The molecule has 0 heterocycles. The summed E-state index contributed by atoms with van der Waals surface area (Å²) in [5, 5.41) is 8.96. The Morgan fingerprint density at radius 3 is 2.48 bits per heavy atom. The van der Waals surface area contributed by atoms with Crippen LogP contribution in [0.3, 0.4) is 0 Å². The van der Waals surface area contributed by atoms with E-state index in [1.54, 1.807) is 24.3 Å². The molecule has 6 heteroatoms. The van der Waals surface area contributed by atoms with Crippen molar-refractivity contribution in [1.82, 2.24) is 0 Å². The van der Waals surface area contributed by atoms with Gasteiger partial charge in [-0.2, -0.15) is 5.26 Å². The van der Waals surface area contributed by atoms with Gasteiger partial charge in [0, 0.05) is 11.6 Å². The highest BCUT2D eigenvalue weighted by Crippen LogP contribution is 2.31. The van der Waals surface area contributed by atoms with E-state index in [4.69, 9.17) is 26.2 Å². The Labute approximate surface area is 121 Å². The largest absolute Gasteiger partial charge is 0.497 e. The van der Waals surface area contributed by atoms with Crippen molar-refractivity contribution in [2.75, 3.05) is 12.8 Å². The first kappa shape index (κ1) is 14.2. The minimum Gasteiger partial charge on any atom is -0.497 e. The molecule has 2 rings (SSSR count). The maximum Gasteiger partial charge on any atom is 0.248 e. The molecule has 0 aliphatic heterocycles. The van der Waals surface area contributed by atoms with Gasteiger partial charge < -0.3 is 20.9 Å². The highest BCUT2D eigenvalue weighted by molar-refractivity contribution is 5.94. The molecule has 0 aromatic heterocycles. The van der Waals surface area contributed by atoms with E-state index in [0.29, 0.717) is 28.4 Å². The number of methoxy groups -OCH3 is 1. The highest BCUT2D eigenvalue weighted by atomic mass is 16.5. The number of carbonyl (C=O) groups is 1. The first-order valence-corrected chi connectivity index (χ1v) is 6.00. The molecule has 21 heavy (non-hydrogen) atoms. The molecule has 0 bridgehead atoms. The van der Waals surface area contributed by atoms with Crippen LogP contribution in [0, 0.1) is 11.3 Å². The van der Waals surface area contributed by atoms with E-state index in [9.17, 15) is 4.79 Å². The zero-order valence-electron chi connectivity index (χ0n) is 11.3. The van der Waals surface area contributed by atoms with Crippen LogP contribution in [0.2, 0.25) is 0 Å². The minimum absolute atomic E-state index is 0.271. The summed E-state index contributed by atoms with van der Waals surface area (Å²) in [5.74, 6) is 0.694. The van der Waals surface area contributed by atoms with Crippen LogP contribution >= 0.6 is 0 Å². The Hall–Kier alpha value is -3.20. The lowest BCUT2D eigenvalue weighted by molar-refractivity contribution is 0.100. The Kier molecular flexibility index (Phi) is 3.95. The molecule has 0 spiro atoms. The van der Waals surface area contributed by atoms with Crippen LogP contribution in [0.4, 0.5) is 5.69 Å². The molecule has 2 aromatic carbocycles. The van der Waals surface area contributed by atoms with E-state index in [1.807, 2.05) is 6.07 Å². The third kappa shape index (κ3) is 3.22. The van der Waals surface area contributed by atoms with Crippen molar-refractivity contribution in [2.24, 2.45) is 5.73 Å². The maximum absolute atomic E-state index is 11.1. The number of nitriles is 1. The van der Waals surface area contributed by atoms with Gasteiger partial charge >= 0.3 is 0 Å². The predicted molar refractivity (Wildman–Crippen MR) is 77.2 cm³/mol. The van der Waals surface area contributed by atoms with Crippen LogP contribution in [-0.4, -0.2) is 13.0 Å². The van der Waals surface area contributed by atoms with Gasteiger partial charge in [0.05, 0.1) is 24.4 Å². The second-order valence-corrected chi connectivity index (χ2v) is 4.23. The molecular formula is C15H13N3O3. The van der Waals surface area contributed by atoms with E-state index < -0.39 is 5.91 Å². The summed E-state index contributed by atoms with van der Waals surface area (Å²) < 4.78 is 10.7. The molecule has 0 unspecified atom stereocenters. The molecule has 0 aliphatic rings. The summed E-state index contributed by atoms with van der Waals surface area (Å²) in [6.45, 7) is 0. The summed E-state index contributed by atoms with van der Waals surface area (Å²) in [6, 6.07) is 11.3. The molecular weight excluding hydrogens is 270 g/mol. The van der Waals surface area contributed by atoms with E-state index in [0.717, 1.165) is 0 Å². The molecule has 106 valence electrons. The second-order valence-electron chi connectivity index (χ2n) is 4.23. The average molecular weight is 283 g/mol. The fourth-order valence-electron chi connectivity index (χ4n) is 1.73. The molecule has 0 aliphatic carbocycles. The van der Waals surface area contributed by atoms with Crippen molar-refractivity contribution in [1.29, 1.82) is 5.26 Å². The van der Waals surface area contributed by atoms with E-state index >= 15 is 0 Å². The zero-order valence-corrected chi connectivity index (χ0v) is 11.3. The first-order valence-electron chi connectivity index (χ1n) is 6.00. The third-order valence-corrected chi connectivity index (χ3v) is 2.77. The molecule has 0 atom stereocenters. The Morgan fingerprint density at radius 1 is 1.19 bits per heavy atom. The van der Waals surface area contributed by atoms with E-state index in [1.165, 1.54) is 19.2 Å². The topological polar surface area (TPSA) is 111 Å². The van der Waals surface area contributed by atoms with Gasteiger partial charge in [0.15, 0.2) is 0 Å². The van der Waals surface area contributed by atoms with Crippen molar-refractivity contribution in [3.05, 3.63) is 47.5 Å². The van der Waals surface area contributed by atoms with Crippen molar-refractivity contribution in [3.8, 4) is 23.3 Å². The minimum atomic E-state index is -0.568.